The van der Waals surface area contributed by atoms with Gasteiger partial charge in [0.1, 0.15) is 0 Å². The van der Waals surface area contributed by atoms with E-state index in [-0.39, 0.29) is 0 Å². The van der Waals surface area contributed by atoms with Crippen LogP contribution in [-0.4, -0.2) is 4.98 Å². The molecule has 0 aromatic carbocycles. The lowest BCUT2D eigenvalue weighted by Crippen LogP contribution is -1.78. The van der Waals surface area contributed by atoms with E-state index in [1.54, 1.807) is 23.1 Å². The number of nitrogens with zero attached hydrogens (tertiary/aromatic N) is 1. The minimum Gasteiger partial charge on any atom is -0.250 e. The number of pyridine rings is 1. The standard InChI is InChI=1S/C10H8BrNS2/c11-8-5-9(13-6-8)7-14-10-3-1-2-4-12-10/h1-6H,7H2. The van der Waals surface area contributed by atoms with Crippen molar-refractivity contribution in [2.75, 3.05) is 0 Å². The molecule has 1 nitrogen and oxygen atoms in total. The molecule has 0 fully saturated rings. The van der Waals surface area contributed by atoms with Gasteiger partial charge in [0.25, 0.3) is 0 Å². The Morgan fingerprint density at radius 2 is 2.36 bits per heavy atom. The Bertz CT molecular complexity index is 400. The lowest BCUT2D eigenvalue weighted by Gasteiger charge is -1.96. The van der Waals surface area contributed by atoms with Gasteiger partial charge in [-0.05, 0) is 34.1 Å². The van der Waals surface area contributed by atoms with Gasteiger partial charge in [-0.25, -0.2) is 4.98 Å². The predicted molar refractivity (Wildman–Crippen MR) is 65.8 cm³/mol. The maximum Gasteiger partial charge on any atom is 0.0963 e. The monoisotopic (exact) mass is 285 g/mol. The van der Waals surface area contributed by atoms with Gasteiger partial charge in [-0.1, -0.05) is 6.07 Å². The first-order chi connectivity index (χ1) is 6.84. The first-order valence-electron chi connectivity index (χ1n) is 4.11. The molecular formula is C10H8BrNS2. The summed E-state index contributed by atoms with van der Waals surface area (Å²) in [5.74, 6) is 0.993. The van der Waals surface area contributed by atoms with Crippen LogP contribution in [0.3, 0.4) is 0 Å². The summed E-state index contributed by atoms with van der Waals surface area (Å²) in [6, 6.07) is 8.14. The summed E-state index contributed by atoms with van der Waals surface area (Å²) >= 11 is 6.98. The molecule has 14 heavy (non-hydrogen) atoms. The topological polar surface area (TPSA) is 12.9 Å². The average Bonchev–Trinajstić information content (AvgIpc) is 2.63. The summed E-state index contributed by atoms with van der Waals surface area (Å²) in [4.78, 5) is 5.62. The molecule has 2 heterocycles. The molecule has 72 valence electrons. The molecule has 0 aliphatic carbocycles. The van der Waals surface area contributed by atoms with Gasteiger partial charge >= 0.3 is 0 Å². The summed E-state index contributed by atoms with van der Waals surface area (Å²) in [6.07, 6.45) is 1.83. The fourth-order valence-electron chi connectivity index (χ4n) is 1.01. The van der Waals surface area contributed by atoms with Crippen LogP contribution in [0.4, 0.5) is 0 Å². The van der Waals surface area contributed by atoms with E-state index in [4.69, 9.17) is 0 Å². The van der Waals surface area contributed by atoms with E-state index in [1.807, 2.05) is 24.4 Å². The summed E-state index contributed by atoms with van der Waals surface area (Å²) in [7, 11) is 0. The van der Waals surface area contributed by atoms with Crippen LogP contribution in [0.2, 0.25) is 0 Å². The quantitative estimate of drug-likeness (QED) is 0.784. The van der Waals surface area contributed by atoms with E-state index in [9.17, 15) is 0 Å². The van der Waals surface area contributed by atoms with E-state index in [2.05, 4.69) is 32.4 Å². The molecule has 0 N–H and O–H groups in total. The number of rotatable bonds is 3. The molecule has 2 rings (SSSR count). The Morgan fingerprint density at radius 1 is 1.43 bits per heavy atom. The van der Waals surface area contributed by atoms with E-state index in [1.165, 1.54) is 9.35 Å². The average molecular weight is 286 g/mol. The van der Waals surface area contributed by atoms with Gasteiger partial charge < -0.3 is 0 Å². The maximum atomic E-state index is 4.26. The van der Waals surface area contributed by atoms with E-state index in [0.717, 1.165) is 10.8 Å². The second kappa shape index (κ2) is 4.96. The second-order valence-electron chi connectivity index (χ2n) is 2.69. The van der Waals surface area contributed by atoms with E-state index >= 15 is 0 Å². The van der Waals surface area contributed by atoms with Crippen molar-refractivity contribution in [2.24, 2.45) is 0 Å². The van der Waals surface area contributed by atoms with Crippen LogP contribution < -0.4 is 0 Å². The third-order valence-corrected chi connectivity index (χ3v) is 4.49. The number of halogens is 1. The van der Waals surface area contributed by atoms with E-state index in [0.29, 0.717) is 0 Å². The molecule has 0 saturated carbocycles. The normalized spacial score (nSPS) is 10.4. The zero-order chi connectivity index (χ0) is 9.80. The SMILES string of the molecule is Brc1csc(CSc2ccccn2)c1. The zero-order valence-electron chi connectivity index (χ0n) is 7.31. The summed E-state index contributed by atoms with van der Waals surface area (Å²) in [6.45, 7) is 0. The van der Waals surface area contributed by atoms with Crippen LogP contribution in [0.1, 0.15) is 4.88 Å². The largest absolute Gasteiger partial charge is 0.250 e. The third kappa shape index (κ3) is 2.83. The van der Waals surface area contributed by atoms with Gasteiger partial charge in [0.2, 0.25) is 0 Å². The highest BCUT2D eigenvalue weighted by atomic mass is 79.9. The molecule has 0 amide bonds. The predicted octanol–water partition coefficient (Wildman–Crippen LogP) is 4.20. The molecule has 0 atom stereocenters. The van der Waals surface area contributed by atoms with Crippen LogP contribution in [-0.2, 0) is 5.75 Å². The minimum absolute atomic E-state index is 0.993. The molecule has 2 aromatic rings. The highest BCUT2D eigenvalue weighted by molar-refractivity contribution is 9.10. The molecule has 4 heteroatoms. The zero-order valence-corrected chi connectivity index (χ0v) is 10.5. The van der Waals surface area contributed by atoms with Crippen LogP contribution in [0, 0.1) is 0 Å². The van der Waals surface area contributed by atoms with Crippen molar-refractivity contribution in [1.29, 1.82) is 0 Å². The fourth-order valence-corrected chi connectivity index (χ4v) is 3.37. The number of hydrogen-bond donors (Lipinski definition) is 0. The van der Waals surface area contributed by atoms with Gasteiger partial charge in [0, 0.05) is 26.7 Å². The van der Waals surface area contributed by atoms with Crippen LogP contribution in [0.25, 0.3) is 0 Å². The summed E-state index contributed by atoms with van der Waals surface area (Å²) in [5, 5.41) is 3.19. The molecule has 0 aliphatic rings. The highest BCUT2D eigenvalue weighted by Crippen LogP contribution is 2.26. The van der Waals surface area contributed by atoms with Gasteiger partial charge in [-0.2, -0.15) is 0 Å². The molecule has 0 aliphatic heterocycles. The van der Waals surface area contributed by atoms with Gasteiger partial charge in [0.05, 0.1) is 5.03 Å². The Labute approximate surface area is 99.7 Å². The molecule has 0 radical (unpaired) electrons. The lowest BCUT2D eigenvalue weighted by molar-refractivity contribution is 1.13. The fraction of sp³-hybridized carbons (Fsp3) is 0.100. The molecule has 0 unspecified atom stereocenters. The van der Waals surface area contributed by atoms with Crippen LogP contribution >= 0.6 is 39.0 Å². The van der Waals surface area contributed by atoms with Gasteiger partial charge in [-0.3, -0.25) is 0 Å². The van der Waals surface area contributed by atoms with Crippen molar-refractivity contribution in [2.45, 2.75) is 10.8 Å². The highest BCUT2D eigenvalue weighted by Gasteiger charge is 1.99. The number of thiophene rings is 1. The Balaban J connectivity index is 1.95. The smallest absolute Gasteiger partial charge is 0.0963 e. The first-order valence-corrected chi connectivity index (χ1v) is 6.77. The summed E-state index contributed by atoms with van der Waals surface area (Å²) in [5.41, 5.74) is 0. The maximum absolute atomic E-state index is 4.26. The van der Waals surface area contributed by atoms with Crippen molar-refractivity contribution in [3.05, 3.63) is 45.2 Å². The molecular weight excluding hydrogens is 278 g/mol. The third-order valence-electron chi connectivity index (χ3n) is 1.62. The second-order valence-corrected chi connectivity index (χ2v) is 5.59. The van der Waals surface area contributed by atoms with Gasteiger partial charge in [0.15, 0.2) is 0 Å². The minimum atomic E-state index is 0.993. The lowest BCUT2D eigenvalue weighted by atomic mass is 10.5. The van der Waals surface area contributed by atoms with Gasteiger partial charge in [-0.15, -0.1) is 23.1 Å². The molecule has 0 bridgehead atoms. The number of hydrogen-bond acceptors (Lipinski definition) is 3. The van der Waals surface area contributed by atoms with Crippen molar-refractivity contribution >= 4 is 39.0 Å². The summed E-state index contributed by atoms with van der Waals surface area (Å²) < 4.78 is 1.17. The molecule has 0 saturated heterocycles. The Hall–Kier alpha value is -0.320. The first kappa shape index (κ1) is 10.2. The molecule has 2 aromatic heterocycles. The van der Waals surface area contributed by atoms with Crippen molar-refractivity contribution in [1.82, 2.24) is 4.98 Å². The Morgan fingerprint density at radius 3 is 3.00 bits per heavy atom. The van der Waals surface area contributed by atoms with Crippen molar-refractivity contribution in [3.8, 4) is 0 Å². The van der Waals surface area contributed by atoms with Crippen LogP contribution in [0.15, 0.2) is 45.3 Å². The van der Waals surface area contributed by atoms with Crippen molar-refractivity contribution in [3.63, 3.8) is 0 Å². The number of thioether (sulfide) groups is 1. The van der Waals surface area contributed by atoms with Crippen molar-refractivity contribution < 1.29 is 0 Å². The molecule has 0 spiro atoms. The number of aromatic nitrogens is 1. The van der Waals surface area contributed by atoms with E-state index < -0.39 is 0 Å². The Kier molecular flexibility index (Phi) is 3.61. The van der Waals surface area contributed by atoms with Crippen LogP contribution in [0.5, 0.6) is 0 Å².